The first kappa shape index (κ1) is 17.9. The van der Waals surface area contributed by atoms with E-state index in [1.807, 2.05) is 51.1 Å². The Morgan fingerprint density at radius 3 is 2.52 bits per heavy atom. The smallest absolute Gasteiger partial charge is 0.360 e. The normalized spacial score (nSPS) is 21.0. The zero-order valence-electron chi connectivity index (χ0n) is 14.6. The monoisotopic (exact) mass is 363 g/mol. The lowest BCUT2D eigenvalue weighted by Crippen LogP contribution is -2.40. The fourth-order valence-electron chi connectivity index (χ4n) is 2.91. The van der Waals surface area contributed by atoms with Crippen molar-refractivity contribution in [1.82, 2.24) is 15.0 Å². The molecule has 1 aliphatic rings. The van der Waals surface area contributed by atoms with Crippen molar-refractivity contribution in [3.05, 3.63) is 46.7 Å². The van der Waals surface area contributed by atoms with Gasteiger partial charge in [-0.25, -0.2) is 9.48 Å². The van der Waals surface area contributed by atoms with E-state index in [-0.39, 0.29) is 35.2 Å². The summed E-state index contributed by atoms with van der Waals surface area (Å²) >= 11 is 6.09. The van der Waals surface area contributed by atoms with Gasteiger partial charge in [0.2, 0.25) is 0 Å². The molecule has 1 aromatic carbocycles. The molecule has 134 valence electrons. The first-order valence-corrected chi connectivity index (χ1v) is 8.85. The lowest BCUT2D eigenvalue weighted by molar-refractivity contribution is -0.0995. The predicted molar refractivity (Wildman–Crippen MR) is 93.7 cm³/mol. The fourth-order valence-corrected chi connectivity index (χ4v) is 3.11. The molecule has 0 saturated heterocycles. The third kappa shape index (κ3) is 4.02. The molecule has 6 nitrogen and oxygen atoms in total. The Hall–Kier alpha value is -1.92. The van der Waals surface area contributed by atoms with Crippen molar-refractivity contribution in [2.45, 2.75) is 58.0 Å². The highest BCUT2D eigenvalue weighted by Gasteiger charge is 2.35. The molecule has 0 bridgehead atoms. The summed E-state index contributed by atoms with van der Waals surface area (Å²) in [5, 5.41) is 7.93. The molecule has 0 unspecified atom stereocenters. The Morgan fingerprint density at radius 1 is 1.20 bits per heavy atom. The summed E-state index contributed by atoms with van der Waals surface area (Å²) in [6.45, 7) is 5.93. The Labute approximate surface area is 152 Å². The van der Waals surface area contributed by atoms with Crippen molar-refractivity contribution >= 4 is 17.6 Å². The summed E-state index contributed by atoms with van der Waals surface area (Å²) in [5.41, 5.74) is 1.19. The zero-order valence-corrected chi connectivity index (χ0v) is 15.3. The molecule has 1 saturated carbocycles. The topological polar surface area (TPSA) is 66.2 Å². The van der Waals surface area contributed by atoms with Gasteiger partial charge in [-0.2, -0.15) is 0 Å². The first-order valence-electron chi connectivity index (χ1n) is 8.47. The molecular weight excluding hydrogens is 342 g/mol. The van der Waals surface area contributed by atoms with Crippen LogP contribution >= 0.6 is 11.6 Å². The van der Waals surface area contributed by atoms with Gasteiger partial charge in [0.15, 0.2) is 10.8 Å². The lowest BCUT2D eigenvalue weighted by atomic mass is 9.92. The van der Waals surface area contributed by atoms with E-state index in [1.54, 1.807) is 0 Å². The number of aromatic nitrogens is 3. The second kappa shape index (κ2) is 7.54. The Balaban J connectivity index is 1.69. The number of esters is 1. The van der Waals surface area contributed by atoms with Gasteiger partial charge in [-0.15, -0.1) is 5.10 Å². The van der Waals surface area contributed by atoms with Crippen molar-refractivity contribution in [2.75, 3.05) is 0 Å². The van der Waals surface area contributed by atoms with Crippen LogP contribution in [0.1, 0.15) is 55.7 Å². The van der Waals surface area contributed by atoms with Gasteiger partial charge in [-0.05, 0) is 26.3 Å². The second-order valence-corrected chi connectivity index (χ2v) is 6.92. The highest BCUT2D eigenvalue weighted by atomic mass is 35.5. The molecule has 0 aliphatic heterocycles. The van der Waals surface area contributed by atoms with E-state index >= 15 is 0 Å². The summed E-state index contributed by atoms with van der Waals surface area (Å²) < 4.78 is 12.7. The van der Waals surface area contributed by atoms with Gasteiger partial charge >= 0.3 is 5.97 Å². The maximum Gasteiger partial charge on any atom is 0.360 e. The molecule has 0 N–H and O–H groups in total. The number of halogens is 1. The van der Waals surface area contributed by atoms with Gasteiger partial charge in [0.1, 0.15) is 6.10 Å². The summed E-state index contributed by atoms with van der Waals surface area (Å²) in [7, 11) is 0. The highest BCUT2D eigenvalue weighted by Crippen LogP contribution is 2.29. The van der Waals surface area contributed by atoms with Crippen LogP contribution in [0.4, 0.5) is 0 Å². The van der Waals surface area contributed by atoms with E-state index in [0.717, 1.165) is 5.56 Å². The van der Waals surface area contributed by atoms with E-state index in [2.05, 4.69) is 10.3 Å². The van der Waals surface area contributed by atoms with Crippen LogP contribution in [0.15, 0.2) is 30.3 Å². The van der Waals surface area contributed by atoms with Gasteiger partial charge in [0.05, 0.1) is 18.2 Å². The Morgan fingerprint density at radius 2 is 1.88 bits per heavy atom. The molecule has 1 fully saturated rings. The molecule has 0 amide bonds. The number of benzene rings is 1. The molecule has 1 aromatic heterocycles. The van der Waals surface area contributed by atoms with Crippen molar-refractivity contribution < 1.29 is 14.3 Å². The van der Waals surface area contributed by atoms with Crippen LogP contribution < -0.4 is 0 Å². The molecule has 25 heavy (non-hydrogen) atoms. The van der Waals surface area contributed by atoms with E-state index in [1.165, 1.54) is 4.68 Å². The van der Waals surface area contributed by atoms with Gasteiger partial charge in [-0.1, -0.05) is 47.1 Å². The van der Waals surface area contributed by atoms with Gasteiger partial charge in [0.25, 0.3) is 0 Å². The van der Waals surface area contributed by atoms with Crippen LogP contribution in [0.3, 0.4) is 0 Å². The fraction of sp³-hybridized carbons (Fsp3) is 0.500. The van der Waals surface area contributed by atoms with E-state index in [9.17, 15) is 4.79 Å². The minimum Gasteiger partial charge on any atom is -0.457 e. The van der Waals surface area contributed by atoms with Crippen molar-refractivity contribution in [3.63, 3.8) is 0 Å². The van der Waals surface area contributed by atoms with Crippen LogP contribution in [-0.2, 0) is 9.47 Å². The Bertz CT molecular complexity index is 726. The average Bonchev–Trinajstić information content (AvgIpc) is 2.94. The SMILES string of the molecule is CC(C)O[C@H]1C[C@@H](OC(=O)c2c(Cl)nnn2[C@H](C)c2ccccc2)C1. The number of carbonyl (C=O) groups excluding carboxylic acids is 1. The van der Waals surface area contributed by atoms with Crippen LogP contribution in [0, 0.1) is 0 Å². The Kier molecular flexibility index (Phi) is 5.39. The van der Waals surface area contributed by atoms with Crippen molar-refractivity contribution in [1.29, 1.82) is 0 Å². The zero-order chi connectivity index (χ0) is 18.0. The number of hydrogen-bond donors (Lipinski definition) is 0. The minimum absolute atomic E-state index is 0.0575. The second-order valence-electron chi connectivity index (χ2n) is 6.57. The van der Waals surface area contributed by atoms with E-state index in [4.69, 9.17) is 21.1 Å². The third-order valence-electron chi connectivity index (χ3n) is 4.29. The average molecular weight is 364 g/mol. The number of rotatable bonds is 6. The van der Waals surface area contributed by atoms with Crippen LogP contribution in [0.2, 0.25) is 5.15 Å². The largest absolute Gasteiger partial charge is 0.457 e. The third-order valence-corrected chi connectivity index (χ3v) is 4.54. The number of carbonyl (C=O) groups is 1. The standard InChI is InChI=1S/C18H22ClN3O3/c1-11(2)24-14-9-15(10-14)25-18(23)16-17(19)20-21-22(16)12(3)13-7-5-4-6-8-13/h4-8,11-12,14-15H,9-10H2,1-3H3/t12-,14-,15+/m1/s1. The molecule has 3 rings (SSSR count). The van der Waals surface area contributed by atoms with E-state index in [0.29, 0.717) is 12.8 Å². The summed E-state index contributed by atoms with van der Waals surface area (Å²) in [6, 6.07) is 9.56. The van der Waals surface area contributed by atoms with Crippen LogP contribution in [-0.4, -0.2) is 39.3 Å². The number of hydrogen-bond acceptors (Lipinski definition) is 5. The van der Waals surface area contributed by atoms with Crippen LogP contribution in [0.25, 0.3) is 0 Å². The summed E-state index contributed by atoms with van der Waals surface area (Å²) in [5.74, 6) is -0.495. The van der Waals surface area contributed by atoms with Gasteiger partial charge in [-0.3, -0.25) is 0 Å². The molecule has 1 aliphatic carbocycles. The van der Waals surface area contributed by atoms with Gasteiger partial charge in [0, 0.05) is 12.8 Å². The number of nitrogens with zero attached hydrogens (tertiary/aromatic N) is 3. The molecule has 1 atom stereocenters. The minimum atomic E-state index is -0.495. The van der Waals surface area contributed by atoms with E-state index < -0.39 is 5.97 Å². The van der Waals surface area contributed by atoms with Crippen molar-refractivity contribution in [2.24, 2.45) is 0 Å². The van der Waals surface area contributed by atoms with Gasteiger partial charge < -0.3 is 9.47 Å². The lowest BCUT2D eigenvalue weighted by Gasteiger charge is -2.35. The molecule has 1 heterocycles. The number of ether oxygens (including phenoxy) is 2. The first-order chi connectivity index (χ1) is 12.0. The molecular formula is C18H22ClN3O3. The predicted octanol–water partition coefficient (Wildman–Crippen LogP) is 3.65. The van der Waals surface area contributed by atoms with Crippen LogP contribution in [0.5, 0.6) is 0 Å². The molecule has 2 aromatic rings. The molecule has 0 radical (unpaired) electrons. The maximum absolute atomic E-state index is 12.6. The summed E-state index contributed by atoms with van der Waals surface area (Å²) in [4.78, 5) is 12.6. The molecule has 0 spiro atoms. The highest BCUT2D eigenvalue weighted by molar-refractivity contribution is 6.32. The van der Waals surface area contributed by atoms with Crippen molar-refractivity contribution in [3.8, 4) is 0 Å². The molecule has 7 heteroatoms. The summed E-state index contributed by atoms with van der Waals surface area (Å²) in [6.07, 6.45) is 1.59. The quantitative estimate of drug-likeness (QED) is 0.733. The maximum atomic E-state index is 12.6.